The van der Waals surface area contributed by atoms with E-state index >= 15 is 0 Å². The Morgan fingerprint density at radius 1 is 1.38 bits per heavy atom. The Balaban J connectivity index is 2.55. The van der Waals surface area contributed by atoms with Crippen LogP contribution in [0.2, 0.25) is 0 Å². The van der Waals surface area contributed by atoms with Gasteiger partial charge in [0.15, 0.2) is 0 Å². The second-order valence-corrected chi connectivity index (χ2v) is 4.73. The molecule has 0 aromatic heterocycles. The number of rotatable bonds is 6. The summed E-state index contributed by atoms with van der Waals surface area (Å²) in [6.07, 6.45) is 0. The number of carbonyl (C=O) groups is 2. The van der Waals surface area contributed by atoms with E-state index in [2.05, 4.69) is 11.4 Å². The SMILES string of the molecule is CCN(CC(C)C#N)C(=O)NCc1ccc(C(=O)O)cc1. The molecule has 112 valence electrons. The Kier molecular flexibility index (Phi) is 6.21. The van der Waals surface area contributed by atoms with Gasteiger partial charge in [-0.3, -0.25) is 0 Å². The number of urea groups is 1. The number of nitrogens with zero attached hydrogens (tertiary/aromatic N) is 2. The number of carboxylic acid groups (broad SMARTS) is 1. The molecule has 0 fully saturated rings. The average Bonchev–Trinajstić information content (AvgIpc) is 2.50. The summed E-state index contributed by atoms with van der Waals surface area (Å²) in [6, 6.07) is 8.19. The molecule has 1 rings (SSSR count). The summed E-state index contributed by atoms with van der Waals surface area (Å²) in [5.74, 6) is -1.20. The van der Waals surface area contributed by atoms with Gasteiger partial charge in [-0.2, -0.15) is 5.26 Å². The van der Waals surface area contributed by atoms with Crippen LogP contribution in [-0.2, 0) is 6.54 Å². The molecule has 21 heavy (non-hydrogen) atoms. The zero-order valence-electron chi connectivity index (χ0n) is 12.2. The lowest BCUT2D eigenvalue weighted by Gasteiger charge is -2.22. The van der Waals surface area contributed by atoms with Crippen LogP contribution in [0.5, 0.6) is 0 Å². The number of benzene rings is 1. The standard InChI is InChI=1S/C15H19N3O3/c1-3-18(10-11(2)8-16)15(21)17-9-12-4-6-13(7-5-12)14(19)20/h4-7,11H,3,9-10H2,1-2H3,(H,17,21)(H,19,20). The van der Waals surface area contributed by atoms with E-state index in [9.17, 15) is 9.59 Å². The fourth-order valence-corrected chi connectivity index (χ4v) is 1.78. The van der Waals surface area contributed by atoms with Gasteiger partial charge in [-0.15, -0.1) is 0 Å². The van der Waals surface area contributed by atoms with Crippen LogP contribution in [0.25, 0.3) is 0 Å². The molecule has 0 aliphatic carbocycles. The van der Waals surface area contributed by atoms with E-state index in [0.717, 1.165) is 5.56 Å². The van der Waals surface area contributed by atoms with Gasteiger partial charge in [0.25, 0.3) is 0 Å². The highest BCUT2D eigenvalue weighted by molar-refractivity contribution is 5.87. The lowest BCUT2D eigenvalue weighted by molar-refractivity contribution is 0.0697. The van der Waals surface area contributed by atoms with Crippen molar-refractivity contribution in [2.45, 2.75) is 20.4 Å². The third-order valence-electron chi connectivity index (χ3n) is 3.03. The predicted molar refractivity (Wildman–Crippen MR) is 77.7 cm³/mol. The van der Waals surface area contributed by atoms with Crippen molar-refractivity contribution < 1.29 is 14.7 Å². The van der Waals surface area contributed by atoms with Gasteiger partial charge >= 0.3 is 12.0 Å². The summed E-state index contributed by atoms with van der Waals surface area (Å²) in [4.78, 5) is 24.3. The van der Waals surface area contributed by atoms with Crippen molar-refractivity contribution in [1.82, 2.24) is 10.2 Å². The zero-order valence-corrected chi connectivity index (χ0v) is 12.2. The Bertz CT molecular complexity index is 534. The monoisotopic (exact) mass is 289 g/mol. The van der Waals surface area contributed by atoms with Crippen LogP contribution in [0.1, 0.15) is 29.8 Å². The van der Waals surface area contributed by atoms with E-state index in [4.69, 9.17) is 10.4 Å². The molecule has 1 atom stereocenters. The quantitative estimate of drug-likeness (QED) is 0.838. The summed E-state index contributed by atoms with van der Waals surface area (Å²) in [6.45, 7) is 4.84. The zero-order chi connectivity index (χ0) is 15.8. The predicted octanol–water partition coefficient (Wildman–Crippen LogP) is 2.08. The number of hydrogen-bond acceptors (Lipinski definition) is 3. The number of nitrogens with one attached hydrogen (secondary N) is 1. The van der Waals surface area contributed by atoms with E-state index in [-0.39, 0.29) is 17.5 Å². The summed E-state index contributed by atoms with van der Waals surface area (Å²) in [5, 5.41) is 20.3. The summed E-state index contributed by atoms with van der Waals surface area (Å²) in [5.41, 5.74) is 1.03. The normalized spacial score (nSPS) is 11.3. The van der Waals surface area contributed by atoms with E-state index < -0.39 is 5.97 Å². The topological polar surface area (TPSA) is 93.4 Å². The number of carbonyl (C=O) groups excluding carboxylic acids is 1. The van der Waals surface area contributed by atoms with E-state index in [1.807, 2.05) is 6.92 Å². The molecule has 1 unspecified atom stereocenters. The first-order chi connectivity index (χ1) is 9.97. The minimum Gasteiger partial charge on any atom is -0.478 e. The molecule has 0 saturated heterocycles. The van der Waals surface area contributed by atoms with Crippen LogP contribution in [0, 0.1) is 17.2 Å². The van der Waals surface area contributed by atoms with Crippen LogP contribution >= 0.6 is 0 Å². The molecule has 6 heteroatoms. The van der Waals surface area contributed by atoms with E-state index in [1.165, 1.54) is 12.1 Å². The molecule has 0 aliphatic rings. The Morgan fingerprint density at radius 3 is 2.48 bits per heavy atom. The highest BCUT2D eigenvalue weighted by atomic mass is 16.4. The molecule has 0 aliphatic heterocycles. The second-order valence-electron chi connectivity index (χ2n) is 4.73. The highest BCUT2D eigenvalue weighted by Gasteiger charge is 2.14. The average molecular weight is 289 g/mol. The molecule has 0 saturated carbocycles. The highest BCUT2D eigenvalue weighted by Crippen LogP contribution is 2.05. The first kappa shape index (κ1) is 16.5. The Hall–Kier alpha value is -2.55. The van der Waals surface area contributed by atoms with Gasteiger partial charge in [0.2, 0.25) is 0 Å². The molecule has 6 nitrogen and oxygen atoms in total. The van der Waals surface area contributed by atoms with Crippen molar-refractivity contribution in [2.75, 3.05) is 13.1 Å². The van der Waals surface area contributed by atoms with Gasteiger partial charge in [-0.1, -0.05) is 12.1 Å². The van der Waals surface area contributed by atoms with E-state index in [1.54, 1.807) is 24.0 Å². The number of nitriles is 1. The molecule has 0 spiro atoms. The molecule has 1 aromatic carbocycles. The van der Waals surface area contributed by atoms with Crippen LogP contribution in [0.3, 0.4) is 0 Å². The van der Waals surface area contributed by atoms with Gasteiger partial charge in [-0.25, -0.2) is 9.59 Å². The van der Waals surface area contributed by atoms with E-state index in [0.29, 0.717) is 19.6 Å². The van der Waals surface area contributed by atoms with Gasteiger partial charge in [-0.05, 0) is 31.5 Å². The first-order valence-corrected chi connectivity index (χ1v) is 6.72. The fourth-order valence-electron chi connectivity index (χ4n) is 1.78. The third kappa shape index (κ3) is 5.15. The van der Waals surface area contributed by atoms with Crippen LogP contribution in [0.15, 0.2) is 24.3 Å². The molecule has 2 amide bonds. The number of hydrogen-bond donors (Lipinski definition) is 2. The maximum absolute atomic E-state index is 12.0. The maximum atomic E-state index is 12.0. The number of aromatic carboxylic acids is 1. The first-order valence-electron chi connectivity index (χ1n) is 6.72. The van der Waals surface area contributed by atoms with Crippen molar-refractivity contribution in [3.8, 4) is 6.07 Å². The van der Waals surface area contributed by atoms with Crippen LogP contribution in [-0.4, -0.2) is 35.1 Å². The molecule has 1 aromatic rings. The van der Waals surface area contributed by atoms with Gasteiger partial charge in [0.1, 0.15) is 0 Å². The van der Waals surface area contributed by atoms with Crippen molar-refractivity contribution in [2.24, 2.45) is 5.92 Å². The lowest BCUT2D eigenvalue weighted by Crippen LogP contribution is -2.41. The summed E-state index contributed by atoms with van der Waals surface area (Å²) < 4.78 is 0. The summed E-state index contributed by atoms with van der Waals surface area (Å²) in [7, 11) is 0. The van der Waals surface area contributed by atoms with Gasteiger partial charge in [0.05, 0.1) is 17.6 Å². The smallest absolute Gasteiger partial charge is 0.335 e. The minimum atomic E-state index is -0.978. The summed E-state index contributed by atoms with van der Waals surface area (Å²) >= 11 is 0. The van der Waals surface area contributed by atoms with Crippen molar-refractivity contribution >= 4 is 12.0 Å². The number of carboxylic acids is 1. The largest absolute Gasteiger partial charge is 0.478 e. The Labute approximate surface area is 124 Å². The molecular weight excluding hydrogens is 270 g/mol. The third-order valence-corrected chi connectivity index (χ3v) is 3.03. The fraction of sp³-hybridized carbons (Fsp3) is 0.400. The van der Waals surface area contributed by atoms with Crippen molar-refractivity contribution in [3.05, 3.63) is 35.4 Å². The molecule has 0 heterocycles. The van der Waals surface area contributed by atoms with Crippen molar-refractivity contribution in [3.63, 3.8) is 0 Å². The van der Waals surface area contributed by atoms with Crippen LogP contribution < -0.4 is 5.32 Å². The van der Waals surface area contributed by atoms with Crippen molar-refractivity contribution in [1.29, 1.82) is 5.26 Å². The Morgan fingerprint density at radius 2 is 2.00 bits per heavy atom. The van der Waals surface area contributed by atoms with Gasteiger partial charge < -0.3 is 15.3 Å². The molecule has 0 radical (unpaired) electrons. The second kappa shape index (κ2) is 7.90. The lowest BCUT2D eigenvalue weighted by atomic mass is 10.1. The van der Waals surface area contributed by atoms with Gasteiger partial charge in [0, 0.05) is 19.6 Å². The number of amides is 2. The molecule has 0 bridgehead atoms. The molecule has 2 N–H and O–H groups in total. The minimum absolute atomic E-state index is 0.211. The maximum Gasteiger partial charge on any atom is 0.335 e. The van der Waals surface area contributed by atoms with Crippen LogP contribution in [0.4, 0.5) is 4.79 Å². The molecular formula is C15H19N3O3.